The van der Waals surface area contributed by atoms with E-state index in [-0.39, 0.29) is 17.3 Å². The Hall–Kier alpha value is -3.40. The first-order valence-corrected chi connectivity index (χ1v) is 10.7. The topological polar surface area (TPSA) is 63.5 Å². The van der Waals surface area contributed by atoms with E-state index in [1.165, 1.54) is 24.4 Å². The number of piperazine rings is 1. The monoisotopic (exact) mass is 459 g/mol. The van der Waals surface area contributed by atoms with Gasteiger partial charge < -0.3 is 9.64 Å². The first-order valence-electron chi connectivity index (χ1n) is 10.7. The van der Waals surface area contributed by atoms with Gasteiger partial charge in [0.05, 0.1) is 24.1 Å². The van der Waals surface area contributed by atoms with Gasteiger partial charge in [0.1, 0.15) is 5.75 Å². The van der Waals surface area contributed by atoms with E-state index < -0.39 is 11.7 Å². The molecule has 2 heterocycles. The number of aromatic nitrogens is 3. The molecule has 3 aromatic rings. The van der Waals surface area contributed by atoms with Gasteiger partial charge in [0.2, 0.25) is 0 Å². The van der Waals surface area contributed by atoms with Crippen LogP contribution in [0.15, 0.2) is 54.7 Å². The van der Waals surface area contributed by atoms with E-state index in [4.69, 9.17) is 4.74 Å². The number of para-hydroxylation sites is 1. The quantitative estimate of drug-likeness (QED) is 0.563. The van der Waals surface area contributed by atoms with Crippen LogP contribution in [0, 0.1) is 0 Å². The van der Waals surface area contributed by atoms with Crippen LogP contribution in [0.1, 0.15) is 28.5 Å². The molecule has 1 fully saturated rings. The molecular formula is C23H24F3N5O2. The van der Waals surface area contributed by atoms with Crippen LogP contribution in [0.3, 0.4) is 0 Å². The number of hydrogen-bond acceptors (Lipinski definition) is 5. The Morgan fingerprint density at radius 1 is 1.03 bits per heavy atom. The first kappa shape index (κ1) is 22.8. The van der Waals surface area contributed by atoms with Gasteiger partial charge in [-0.1, -0.05) is 29.5 Å². The number of rotatable bonds is 6. The van der Waals surface area contributed by atoms with E-state index in [1.54, 1.807) is 4.90 Å². The van der Waals surface area contributed by atoms with Crippen molar-refractivity contribution in [2.45, 2.75) is 19.6 Å². The standard InChI is InChI=1S/C23H24F3N5O2/c1-2-33-18-9-7-17(8-10-18)15-29-11-13-30(14-12-29)22(32)20-16-31(28-27-20)21-6-4-3-5-19(21)23(24,25)26/h3-10,16H,2,11-15H2,1H3. The molecular weight excluding hydrogens is 435 g/mol. The van der Waals surface area contributed by atoms with Gasteiger partial charge in [-0.25, -0.2) is 4.68 Å². The second-order valence-electron chi connectivity index (χ2n) is 7.71. The van der Waals surface area contributed by atoms with E-state index in [9.17, 15) is 18.0 Å². The predicted octanol–water partition coefficient (Wildman–Crippen LogP) is 3.64. The van der Waals surface area contributed by atoms with E-state index in [0.717, 1.165) is 28.6 Å². The normalized spacial score (nSPS) is 15.0. The first-order chi connectivity index (χ1) is 15.8. The Labute approximate surface area is 189 Å². The lowest BCUT2D eigenvalue weighted by molar-refractivity contribution is -0.137. The minimum absolute atomic E-state index is 0.0203. The zero-order valence-corrected chi connectivity index (χ0v) is 18.1. The highest BCUT2D eigenvalue weighted by atomic mass is 19.4. The Bertz CT molecular complexity index is 1090. The van der Waals surface area contributed by atoms with E-state index in [0.29, 0.717) is 32.8 Å². The Kier molecular flexibility index (Phi) is 6.64. The summed E-state index contributed by atoms with van der Waals surface area (Å²) in [6.45, 7) is 5.70. The average Bonchev–Trinajstić information content (AvgIpc) is 3.30. The van der Waals surface area contributed by atoms with Gasteiger partial charge in [-0.05, 0) is 36.8 Å². The van der Waals surface area contributed by atoms with Crippen LogP contribution in [0.2, 0.25) is 0 Å². The third-order valence-corrected chi connectivity index (χ3v) is 5.47. The van der Waals surface area contributed by atoms with Crippen molar-refractivity contribution in [2.24, 2.45) is 0 Å². The summed E-state index contributed by atoms with van der Waals surface area (Å²) in [6, 6.07) is 13.0. The number of carbonyl (C=O) groups excluding carboxylic acids is 1. The average molecular weight is 459 g/mol. The van der Waals surface area contributed by atoms with Crippen molar-refractivity contribution in [1.29, 1.82) is 0 Å². The van der Waals surface area contributed by atoms with Crippen LogP contribution in [-0.2, 0) is 12.7 Å². The second-order valence-corrected chi connectivity index (χ2v) is 7.71. The molecule has 1 saturated heterocycles. The van der Waals surface area contributed by atoms with E-state index in [1.807, 2.05) is 31.2 Å². The van der Waals surface area contributed by atoms with Crippen molar-refractivity contribution >= 4 is 5.91 Å². The molecule has 0 aliphatic carbocycles. The zero-order chi connectivity index (χ0) is 23.4. The van der Waals surface area contributed by atoms with Crippen molar-refractivity contribution in [3.8, 4) is 11.4 Å². The molecule has 0 atom stereocenters. The van der Waals surface area contributed by atoms with Crippen LogP contribution >= 0.6 is 0 Å². The van der Waals surface area contributed by atoms with E-state index in [2.05, 4.69) is 15.2 Å². The minimum atomic E-state index is -4.54. The summed E-state index contributed by atoms with van der Waals surface area (Å²) in [6.07, 6.45) is -3.29. The maximum absolute atomic E-state index is 13.3. The van der Waals surface area contributed by atoms with Crippen LogP contribution in [-0.4, -0.2) is 63.5 Å². The Morgan fingerprint density at radius 2 is 1.73 bits per heavy atom. The number of hydrogen-bond donors (Lipinski definition) is 0. The maximum Gasteiger partial charge on any atom is 0.418 e. The highest BCUT2D eigenvalue weighted by Gasteiger charge is 2.34. The third kappa shape index (κ3) is 5.33. The number of carbonyl (C=O) groups is 1. The van der Waals surface area contributed by atoms with Gasteiger partial charge in [-0.3, -0.25) is 9.69 Å². The Morgan fingerprint density at radius 3 is 2.39 bits per heavy atom. The molecule has 7 nitrogen and oxygen atoms in total. The van der Waals surface area contributed by atoms with E-state index >= 15 is 0 Å². The Balaban J connectivity index is 1.37. The van der Waals surface area contributed by atoms with Gasteiger partial charge in [0, 0.05) is 32.7 Å². The molecule has 174 valence electrons. The number of alkyl halides is 3. The molecule has 0 spiro atoms. The summed E-state index contributed by atoms with van der Waals surface area (Å²) < 4.78 is 46.3. The largest absolute Gasteiger partial charge is 0.494 e. The molecule has 1 amide bonds. The fourth-order valence-electron chi connectivity index (χ4n) is 3.78. The number of nitrogens with zero attached hydrogens (tertiary/aromatic N) is 5. The van der Waals surface area contributed by atoms with Gasteiger partial charge in [0.15, 0.2) is 5.69 Å². The van der Waals surface area contributed by atoms with Gasteiger partial charge in [-0.2, -0.15) is 13.2 Å². The molecule has 0 bridgehead atoms. The number of halogens is 3. The maximum atomic E-state index is 13.3. The highest BCUT2D eigenvalue weighted by molar-refractivity contribution is 5.92. The second kappa shape index (κ2) is 9.62. The lowest BCUT2D eigenvalue weighted by atomic mass is 10.1. The molecule has 33 heavy (non-hydrogen) atoms. The van der Waals surface area contributed by atoms with Crippen LogP contribution in [0.4, 0.5) is 13.2 Å². The molecule has 1 aromatic heterocycles. The number of benzene rings is 2. The smallest absolute Gasteiger partial charge is 0.418 e. The summed E-state index contributed by atoms with van der Waals surface area (Å²) in [5.41, 5.74) is 0.171. The van der Waals surface area contributed by atoms with Crippen molar-refractivity contribution in [3.63, 3.8) is 0 Å². The molecule has 2 aromatic carbocycles. The summed E-state index contributed by atoms with van der Waals surface area (Å²) in [5, 5.41) is 7.60. The number of amides is 1. The molecule has 4 rings (SSSR count). The van der Waals surface area contributed by atoms with Gasteiger partial charge in [0.25, 0.3) is 5.91 Å². The zero-order valence-electron chi connectivity index (χ0n) is 18.1. The van der Waals surface area contributed by atoms with Crippen molar-refractivity contribution in [1.82, 2.24) is 24.8 Å². The number of ether oxygens (including phenoxy) is 1. The van der Waals surface area contributed by atoms with Crippen molar-refractivity contribution in [2.75, 3.05) is 32.8 Å². The van der Waals surface area contributed by atoms with Gasteiger partial charge >= 0.3 is 6.18 Å². The summed E-state index contributed by atoms with van der Waals surface area (Å²) in [4.78, 5) is 16.7. The van der Waals surface area contributed by atoms with Crippen LogP contribution < -0.4 is 4.74 Å². The lowest BCUT2D eigenvalue weighted by Crippen LogP contribution is -2.48. The van der Waals surface area contributed by atoms with Gasteiger partial charge in [-0.15, -0.1) is 5.10 Å². The molecule has 0 unspecified atom stereocenters. The SMILES string of the molecule is CCOc1ccc(CN2CCN(C(=O)c3cn(-c4ccccc4C(F)(F)F)nn3)CC2)cc1. The fourth-order valence-corrected chi connectivity index (χ4v) is 3.78. The minimum Gasteiger partial charge on any atom is -0.494 e. The molecule has 0 N–H and O–H groups in total. The molecule has 0 saturated carbocycles. The fraction of sp³-hybridized carbons (Fsp3) is 0.348. The summed E-state index contributed by atoms with van der Waals surface area (Å²) in [7, 11) is 0. The molecule has 1 aliphatic rings. The van der Waals surface area contributed by atoms with Crippen LogP contribution in [0.25, 0.3) is 5.69 Å². The van der Waals surface area contributed by atoms with Crippen molar-refractivity contribution < 1.29 is 22.7 Å². The molecule has 1 aliphatic heterocycles. The van der Waals surface area contributed by atoms with Crippen molar-refractivity contribution in [3.05, 3.63) is 71.5 Å². The molecule has 10 heteroatoms. The highest BCUT2D eigenvalue weighted by Crippen LogP contribution is 2.33. The predicted molar refractivity (Wildman–Crippen MR) is 115 cm³/mol. The lowest BCUT2D eigenvalue weighted by Gasteiger charge is -2.34. The third-order valence-electron chi connectivity index (χ3n) is 5.47. The summed E-state index contributed by atoms with van der Waals surface area (Å²) in [5.74, 6) is 0.494. The van der Waals surface area contributed by atoms with Crippen LogP contribution in [0.5, 0.6) is 5.75 Å². The summed E-state index contributed by atoms with van der Waals surface area (Å²) >= 11 is 0. The molecule has 0 radical (unpaired) electrons.